The van der Waals surface area contributed by atoms with Gasteiger partial charge in [0.2, 0.25) is 5.91 Å². The fourth-order valence-electron chi connectivity index (χ4n) is 3.64. The zero-order valence-electron chi connectivity index (χ0n) is 18.6. The summed E-state index contributed by atoms with van der Waals surface area (Å²) >= 11 is 1.27. The van der Waals surface area contributed by atoms with Gasteiger partial charge in [0.25, 0.3) is 11.6 Å². The molecule has 10 heteroatoms. The standard InChI is InChI=1S/C25H18FN5O3S/c1-13-22-18(11-20(28-24(22)34-31-13)17-5-3-4-6-19(17)26)23(33)30-25-29-21(12-35-25)15-7-9-16(10-8-15)27-14(2)32/h3-12H,1-2H3,(H,27,32)(H,29,30,33). The molecule has 0 saturated heterocycles. The molecule has 35 heavy (non-hydrogen) atoms. The zero-order chi connectivity index (χ0) is 24.5. The molecule has 0 aliphatic heterocycles. The van der Waals surface area contributed by atoms with Crippen molar-refractivity contribution in [3.8, 4) is 22.5 Å². The Morgan fingerprint density at radius 3 is 2.51 bits per heavy atom. The second-order valence-corrected chi connectivity index (χ2v) is 8.59. The Morgan fingerprint density at radius 2 is 1.77 bits per heavy atom. The molecule has 2 amide bonds. The van der Waals surface area contributed by atoms with E-state index in [1.807, 2.05) is 17.5 Å². The van der Waals surface area contributed by atoms with Crippen molar-refractivity contribution in [2.75, 3.05) is 10.6 Å². The third-order valence-electron chi connectivity index (χ3n) is 5.24. The molecule has 0 spiro atoms. The van der Waals surface area contributed by atoms with E-state index in [0.29, 0.717) is 27.6 Å². The van der Waals surface area contributed by atoms with Gasteiger partial charge < -0.3 is 9.84 Å². The van der Waals surface area contributed by atoms with Crippen molar-refractivity contribution in [2.45, 2.75) is 13.8 Å². The number of amides is 2. The molecule has 3 aromatic heterocycles. The lowest BCUT2D eigenvalue weighted by Crippen LogP contribution is -2.13. The van der Waals surface area contributed by atoms with Crippen molar-refractivity contribution in [1.29, 1.82) is 0 Å². The Hall–Kier alpha value is -4.44. The maximum absolute atomic E-state index is 14.4. The summed E-state index contributed by atoms with van der Waals surface area (Å²) < 4.78 is 19.7. The van der Waals surface area contributed by atoms with Gasteiger partial charge in [-0.3, -0.25) is 14.9 Å². The molecule has 8 nitrogen and oxygen atoms in total. The van der Waals surface area contributed by atoms with Crippen molar-refractivity contribution in [2.24, 2.45) is 0 Å². The van der Waals surface area contributed by atoms with E-state index in [1.165, 1.54) is 30.4 Å². The lowest BCUT2D eigenvalue weighted by Gasteiger charge is -2.07. The maximum Gasteiger partial charge on any atom is 0.259 e. The summed E-state index contributed by atoms with van der Waals surface area (Å²) in [6, 6.07) is 14.9. The lowest BCUT2D eigenvalue weighted by atomic mass is 10.0. The Kier molecular flexibility index (Phi) is 5.79. The summed E-state index contributed by atoms with van der Waals surface area (Å²) in [5.74, 6) is -1.05. The van der Waals surface area contributed by atoms with Gasteiger partial charge in [0, 0.05) is 29.1 Å². The minimum absolute atomic E-state index is 0.146. The third-order valence-corrected chi connectivity index (χ3v) is 5.99. The molecule has 2 aromatic carbocycles. The smallest absolute Gasteiger partial charge is 0.259 e. The summed E-state index contributed by atoms with van der Waals surface area (Å²) in [6.45, 7) is 3.15. The second-order valence-electron chi connectivity index (χ2n) is 7.73. The summed E-state index contributed by atoms with van der Waals surface area (Å²) in [7, 11) is 0. The highest BCUT2D eigenvalue weighted by Crippen LogP contribution is 2.30. The highest BCUT2D eigenvalue weighted by atomic mass is 32.1. The van der Waals surface area contributed by atoms with Gasteiger partial charge in [-0.1, -0.05) is 29.4 Å². The first kappa shape index (κ1) is 22.4. The minimum atomic E-state index is -0.462. The van der Waals surface area contributed by atoms with Gasteiger partial charge in [0.05, 0.1) is 28.0 Å². The fourth-order valence-corrected chi connectivity index (χ4v) is 4.35. The Morgan fingerprint density at radius 1 is 1.00 bits per heavy atom. The molecule has 0 saturated carbocycles. The van der Waals surface area contributed by atoms with Crippen LogP contribution < -0.4 is 10.6 Å². The number of carbonyl (C=O) groups is 2. The van der Waals surface area contributed by atoms with Crippen molar-refractivity contribution in [1.82, 2.24) is 15.1 Å². The largest absolute Gasteiger partial charge is 0.335 e. The average Bonchev–Trinajstić information content (AvgIpc) is 3.46. The van der Waals surface area contributed by atoms with Crippen LogP contribution >= 0.6 is 11.3 Å². The molecule has 5 rings (SSSR count). The summed E-state index contributed by atoms with van der Waals surface area (Å²) in [5.41, 5.74) is 3.59. The van der Waals surface area contributed by atoms with Crippen LogP contribution in [0.3, 0.4) is 0 Å². The van der Waals surface area contributed by atoms with Gasteiger partial charge in [-0.05, 0) is 37.3 Å². The Bertz CT molecular complexity index is 1580. The van der Waals surface area contributed by atoms with E-state index in [0.717, 1.165) is 5.56 Å². The maximum atomic E-state index is 14.4. The SMILES string of the molecule is CC(=O)Nc1ccc(-c2csc(NC(=O)c3cc(-c4ccccc4F)nc4onc(C)c34)n2)cc1. The highest BCUT2D eigenvalue weighted by molar-refractivity contribution is 7.14. The monoisotopic (exact) mass is 487 g/mol. The van der Waals surface area contributed by atoms with Crippen LogP contribution in [0.2, 0.25) is 0 Å². The average molecular weight is 488 g/mol. The topological polar surface area (TPSA) is 110 Å². The molecular weight excluding hydrogens is 469 g/mol. The number of halogens is 1. The zero-order valence-corrected chi connectivity index (χ0v) is 19.4. The van der Waals surface area contributed by atoms with Crippen molar-refractivity contribution in [3.05, 3.63) is 77.1 Å². The van der Waals surface area contributed by atoms with Crippen LogP contribution in [0.25, 0.3) is 33.6 Å². The van der Waals surface area contributed by atoms with E-state index in [-0.39, 0.29) is 28.4 Å². The molecule has 174 valence electrons. The molecule has 0 radical (unpaired) electrons. The van der Waals surface area contributed by atoms with Gasteiger partial charge in [-0.15, -0.1) is 11.3 Å². The number of thiazole rings is 1. The van der Waals surface area contributed by atoms with E-state index in [2.05, 4.69) is 25.8 Å². The number of aryl methyl sites for hydroxylation is 1. The quantitative estimate of drug-likeness (QED) is 0.330. The number of nitrogens with zero attached hydrogens (tertiary/aromatic N) is 3. The first-order valence-corrected chi connectivity index (χ1v) is 11.4. The number of benzene rings is 2. The molecule has 3 heterocycles. The summed E-state index contributed by atoms with van der Waals surface area (Å²) in [4.78, 5) is 33.3. The molecule has 0 fully saturated rings. The van der Waals surface area contributed by atoms with Gasteiger partial charge in [-0.25, -0.2) is 14.4 Å². The molecule has 0 atom stereocenters. The van der Waals surface area contributed by atoms with Crippen LogP contribution in [0.4, 0.5) is 15.2 Å². The van der Waals surface area contributed by atoms with Crippen LogP contribution in [-0.2, 0) is 4.79 Å². The number of hydrogen-bond donors (Lipinski definition) is 2. The molecule has 0 unspecified atom stereocenters. The number of hydrogen-bond acceptors (Lipinski definition) is 7. The van der Waals surface area contributed by atoms with Gasteiger partial charge in [0.15, 0.2) is 5.13 Å². The second kappa shape index (κ2) is 9.07. The van der Waals surface area contributed by atoms with Gasteiger partial charge in [0.1, 0.15) is 5.82 Å². The third kappa shape index (κ3) is 4.51. The van der Waals surface area contributed by atoms with Crippen molar-refractivity contribution < 1.29 is 18.5 Å². The summed E-state index contributed by atoms with van der Waals surface area (Å²) in [5, 5.41) is 12.1. The van der Waals surface area contributed by atoms with Crippen molar-refractivity contribution >= 4 is 45.1 Å². The van der Waals surface area contributed by atoms with Crippen LogP contribution in [-0.4, -0.2) is 26.9 Å². The number of nitrogens with one attached hydrogen (secondary N) is 2. The molecular formula is C25H18FN5O3S. The molecule has 0 aliphatic rings. The molecule has 2 N–H and O–H groups in total. The normalized spacial score (nSPS) is 10.9. The lowest BCUT2D eigenvalue weighted by molar-refractivity contribution is -0.114. The van der Waals surface area contributed by atoms with Crippen LogP contribution in [0.5, 0.6) is 0 Å². The van der Waals surface area contributed by atoms with E-state index < -0.39 is 11.7 Å². The predicted molar refractivity (Wildman–Crippen MR) is 132 cm³/mol. The first-order valence-electron chi connectivity index (χ1n) is 10.6. The molecule has 0 aliphatic carbocycles. The van der Waals surface area contributed by atoms with Crippen LogP contribution in [0, 0.1) is 12.7 Å². The van der Waals surface area contributed by atoms with E-state index in [9.17, 15) is 14.0 Å². The number of anilines is 2. The number of fused-ring (bicyclic) bond motifs is 1. The first-order chi connectivity index (χ1) is 16.9. The number of rotatable bonds is 5. The predicted octanol–water partition coefficient (Wildman–Crippen LogP) is 5.67. The van der Waals surface area contributed by atoms with E-state index >= 15 is 0 Å². The van der Waals surface area contributed by atoms with Gasteiger partial charge in [-0.2, -0.15) is 0 Å². The molecule has 5 aromatic rings. The van der Waals surface area contributed by atoms with E-state index in [1.54, 1.807) is 37.3 Å². The van der Waals surface area contributed by atoms with Crippen LogP contribution in [0.15, 0.2) is 64.5 Å². The summed E-state index contributed by atoms with van der Waals surface area (Å²) in [6.07, 6.45) is 0. The molecule has 0 bridgehead atoms. The fraction of sp³-hybridized carbons (Fsp3) is 0.0800. The number of pyridine rings is 1. The van der Waals surface area contributed by atoms with Crippen LogP contribution in [0.1, 0.15) is 23.0 Å². The minimum Gasteiger partial charge on any atom is -0.335 e. The highest BCUT2D eigenvalue weighted by Gasteiger charge is 2.21. The number of aromatic nitrogens is 3. The number of carbonyl (C=O) groups excluding carboxylic acids is 2. The van der Waals surface area contributed by atoms with Gasteiger partial charge >= 0.3 is 0 Å². The Balaban J connectivity index is 1.44. The van der Waals surface area contributed by atoms with Crippen molar-refractivity contribution in [3.63, 3.8) is 0 Å². The van der Waals surface area contributed by atoms with E-state index in [4.69, 9.17) is 4.52 Å². The Labute approximate surface area is 202 Å².